The molecule has 0 bridgehead atoms. The third kappa shape index (κ3) is 4.16. The van der Waals surface area contributed by atoms with Crippen LogP contribution in [0.4, 0.5) is 0 Å². The molecule has 4 rings (SSSR count). The van der Waals surface area contributed by atoms with Crippen molar-refractivity contribution in [1.29, 1.82) is 0 Å². The van der Waals surface area contributed by atoms with Gasteiger partial charge >= 0.3 is 0 Å². The van der Waals surface area contributed by atoms with E-state index in [1.807, 2.05) is 30.3 Å². The lowest BCUT2D eigenvalue weighted by Crippen LogP contribution is -2.45. The molecule has 0 saturated heterocycles. The van der Waals surface area contributed by atoms with Gasteiger partial charge in [-0.15, -0.1) is 0 Å². The molecule has 11 heteroatoms. The summed E-state index contributed by atoms with van der Waals surface area (Å²) in [7, 11) is -3.70. The Morgan fingerprint density at radius 1 is 1.03 bits per heavy atom. The van der Waals surface area contributed by atoms with Gasteiger partial charge in [-0.1, -0.05) is 42.5 Å². The largest absolute Gasteiger partial charge is 0.287 e. The van der Waals surface area contributed by atoms with E-state index in [2.05, 4.69) is 30.8 Å². The summed E-state index contributed by atoms with van der Waals surface area (Å²) in [4.78, 5) is 28.9. The second-order valence-corrected chi connectivity index (χ2v) is 8.38. The van der Waals surface area contributed by atoms with E-state index in [1.165, 1.54) is 13.0 Å². The maximum absolute atomic E-state index is 12.3. The highest BCUT2D eigenvalue weighted by Gasteiger charge is 2.31. The van der Waals surface area contributed by atoms with Crippen molar-refractivity contribution in [3.63, 3.8) is 0 Å². The molecule has 0 radical (unpaired) electrons. The second kappa shape index (κ2) is 8.03. The van der Waals surface area contributed by atoms with Crippen molar-refractivity contribution in [2.24, 2.45) is 4.99 Å². The lowest BCUT2D eigenvalue weighted by atomic mass is 10.1. The number of sulfonamides is 1. The number of aromatic amines is 1. The molecule has 1 unspecified atom stereocenters. The van der Waals surface area contributed by atoms with Crippen molar-refractivity contribution >= 4 is 27.7 Å². The fourth-order valence-electron chi connectivity index (χ4n) is 2.97. The maximum Gasteiger partial charge on any atom is 0.287 e. The monoisotopic (exact) mass is 438 g/mol. The zero-order valence-corrected chi connectivity index (χ0v) is 17.1. The first-order chi connectivity index (χ1) is 14.8. The fraction of sp³-hybridized carbons (Fsp3) is 0.100. The number of benzene rings is 2. The minimum absolute atomic E-state index is 0.0747. The van der Waals surface area contributed by atoms with Crippen LogP contribution in [0.5, 0.6) is 0 Å². The van der Waals surface area contributed by atoms with Gasteiger partial charge in [0, 0.05) is 11.1 Å². The number of aromatic nitrogens is 2. The van der Waals surface area contributed by atoms with Crippen LogP contribution in [-0.4, -0.2) is 42.3 Å². The van der Waals surface area contributed by atoms with E-state index in [-0.39, 0.29) is 16.4 Å². The molecular weight excluding hydrogens is 420 g/mol. The highest BCUT2D eigenvalue weighted by molar-refractivity contribution is 7.90. The molecule has 2 heterocycles. The number of aliphatic imine (C=N–C) groups is 1. The Balaban J connectivity index is 1.40. The van der Waals surface area contributed by atoms with Crippen molar-refractivity contribution in [2.45, 2.75) is 17.9 Å². The standard InChI is InChI=1S/C20H18N6O4S/c1-12(21-18-14-9-5-6-10-17(14)31(29,30)26-18)19(27)24-25-20(28)16-11-15(22-23-16)13-7-3-2-4-8-13/h2-12H,1H3,(H,21,26)(H,22,23)(H,24,27)(H,25,28). The van der Waals surface area contributed by atoms with Gasteiger partial charge in [0.1, 0.15) is 17.6 Å². The summed E-state index contributed by atoms with van der Waals surface area (Å²) in [6.07, 6.45) is 0. The number of hydrogen-bond donors (Lipinski definition) is 4. The molecule has 1 atom stereocenters. The van der Waals surface area contributed by atoms with Gasteiger partial charge in [0.15, 0.2) is 0 Å². The van der Waals surface area contributed by atoms with Crippen LogP contribution in [0.15, 0.2) is 70.6 Å². The number of amides is 2. The first-order valence-electron chi connectivity index (χ1n) is 9.26. The van der Waals surface area contributed by atoms with E-state index >= 15 is 0 Å². The van der Waals surface area contributed by atoms with E-state index < -0.39 is 27.9 Å². The predicted octanol–water partition coefficient (Wildman–Crippen LogP) is 0.965. The van der Waals surface area contributed by atoms with Crippen molar-refractivity contribution in [1.82, 2.24) is 25.8 Å². The van der Waals surface area contributed by atoms with Gasteiger partial charge in [0.2, 0.25) is 0 Å². The summed E-state index contributed by atoms with van der Waals surface area (Å²) in [5, 5.41) is 6.71. The SMILES string of the molecule is CC(N=C1NS(=O)(=O)c2ccccc21)C(=O)NNC(=O)c1cc(-c2ccccc2)n[nH]1. The normalized spacial score (nSPS) is 16.2. The van der Waals surface area contributed by atoms with Crippen LogP contribution < -0.4 is 15.6 Å². The molecule has 0 aliphatic carbocycles. The second-order valence-electron chi connectivity index (χ2n) is 6.73. The number of hydrazine groups is 1. The van der Waals surface area contributed by atoms with E-state index in [0.29, 0.717) is 11.3 Å². The fourth-order valence-corrected chi connectivity index (χ4v) is 4.21. The minimum Gasteiger partial charge on any atom is -0.272 e. The number of carbonyl (C=O) groups excluding carboxylic acids is 2. The van der Waals surface area contributed by atoms with E-state index in [0.717, 1.165) is 5.56 Å². The third-order valence-corrected chi connectivity index (χ3v) is 5.95. The van der Waals surface area contributed by atoms with Gasteiger partial charge in [-0.3, -0.25) is 35.3 Å². The van der Waals surface area contributed by atoms with Crippen LogP contribution in [0, 0.1) is 0 Å². The molecule has 2 amide bonds. The molecule has 3 aromatic rings. The molecule has 1 aromatic heterocycles. The number of nitrogens with one attached hydrogen (secondary N) is 4. The lowest BCUT2D eigenvalue weighted by Gasteiger charge is -2.10. The quantitative estimate of drug-likeness (QED) is 0.448. The summed E-state index contributed by atoms with van der Waals surface area (Å²) < 4.78 is 26.6. The predicted molar refractivity (Wildman–Crippen MR) is 112 cm³/mol. The summed E-state index contributed by atoms with van der Waals surface area (Å²) in [5.41, 5.74) is 6.54. The number of H-pyrrole nitrogens is 1. The average Bonchev–Trinajstić information content (AvgIpc) is 3.36. The maximum atomic E-state index is 12.3. The summed E-state index contributed by atoms with van der Waals surface area (Å²) in [5.74, 6) is -1.13. The van der Waals surface area contributed by atoms with Crippen molar-refractivity contribution in [3.8, 4) is 11.3 Å². The van der Waals surface area contributed by atoms with Crippen molar-refractivity contribution in [2.75, 3.05) is 0 Å². The number of nitrogens with zero attached hydrogens (tertiary/aromatic N) is 2. The summed E-state index contributed by atoms with van der Waals surface area (Å²) in [6, 6.07) is 16.2. The third-order valence-electron chi connectivity index (χ3n) is 4.56. The molecule has 2 aromatic carbocycles. The Hall–Kier alpha value is -3.99. The molecule has 0 saturated carbocycles. The van der Waals surface area contributed by atoms with Crippen LogP contribution in [0.2, 0.25) is 0 Å². The number of amidine groups is 1. The van der Waals surface area contributed by atoms with Crippen LogP contribution >= 0.6 is 0 Å². The molecule has 0 spiro atoms. The molecule has 1 aliphatic heterocycles. The molecule has 1 aliphatic rings. The number of hydrogen-bond acceptors (Lipinski definition) is 6. The molecule has 4 N–H and O–H groups in total. The Morgan fingerprint density at radius 2 is 1.74 bits per heavy atom. The van der Waals surface area contributed by atoms with Gasteiger partial charge in [-0.05, 0) is 25.1 Å². The lowest BCUT2D eigenvalue weighted by molar-refractivity contribution is -0.122. The zero-order chi connectivity index (χ0) is 22.0. The highest BCUT2D eigenvalue weighted by atomic mass is 32.2. The smallest absolute Gasteiger partial charge is 0.272 e. The van der Waals surface area contributed by atoms with Gasteiger partial charge in [-0.25, -0.2) is 8.42 Å². The Labute approximate surface area is 177 Å². The van der Waals surface area contributed by atoms with E-state index in [4.69, 9.17) is 0 Å². The molecular formula is C20H18N6O4S. The molecule has 158 valence electrons. The molecule has 31 heavy (non-hydrogen) atoms. The number of rotatable bonds is 4. The molecule has 10 nitrogen and oxygen atoms in total. The minimum atomic E-state index is -3.70. The van der Waals surface area contributed by atoms with Gasteiger partial charge in [0.05, 0.1) is 10.6 Å². The Bertz CT molecular complexity index is 1280. The summed E-state index contributed by atoms with van der Waals surface area (Å²) in [6.45, 7) is 1.48. The van der Waals surface area contributed by atoms with Crippen LogP contribution in [0.3, 0.4) is 0 Å². The average molecular weight is 438 g/mol. The number of fused-ring (bicyclic) bond motifs is 1. The first kappa shape index (κ1) is 20.3. The van der Waals surface area contributed by atoms with E-state index in [1.54, 1.807) is 24.3 Å². The van der Waals surface area contributed by atoms with Gasteiger partial charge < -0.3 is 0 Å². The van der Waals surface area contributed by atoms with Gasteiger partial charge in [0.25, 0.3) is 21.8 Å². The number of carbonyl (C=O) groups is 2. The topological polar surface area (TPSA) is 145 Å². The van der Waals surface area contributed by atoms with Crippen molar-refractivity contribution in [3.05, 3.63) is 71.9 Å². The van der Waals surface area contributed by atoms with Crippen molar-refractivity contribution < 1.29 is 18.0 Å². The Kier molecular flexibility index (Phi) is 5.26. The van der Waals surface area contributed by atoms with E-state index in [9.17, 15) is 18.0 Å². The highest BCUT2D eigenvalue weighted by Crippen LogP contribution is 2.22. The van der Waals surface area contributed by atoms with Gasteiger partial charge in [-0.2, -0.15) is 5.10 Å². The summed E-state index contributed by atoms with van der Waals surface area (Å²) >= 11 is 0. The Morgan fingerprint density at radius 3 is 2.52 bits per heavy atom. The zero-order valence-electron chi connectivity index (χ0n) is 16.3. The first-order valence-corrected chi connectivity index (χ1v) is 10.7. The van der Waals surface area contributed by atoms with Crippen LogP contribution in [0.1, 0.15) is 23.0 Å². The van der Waals surface area contributed by atoms with Crippen LogP contribution in [0.25, 0.3) is 11.3 Å². The molecule has 0 fully saturated rings. The van der Waals surface area contributed by atoms with Crippen LogP contribution in [-0.2, 0) is 14.8 Å².